The maximum atomic E-state index is 5.86. The first-order chi connectivity index (χ1) is 12.4. The first-order valence-corrected chi connectivity index (χ1v) is 9.41. The Balaban J connectivity index is 1.73. The summed E-state index contributed by atoms with van der Waals surface area (Å²) < 4.78 is 33.3. The van der Waals surface area contributed by atoms with Crippen LogP contribution in [0.1, 0.15) is 0 Å². The van der Waals surface area contributed by atoms with Crippen LogP contribution in [0.2, 0.25) is 0 Å². The molecule has 0 radical (unpaired) electrons. The van der Waals surface area contributed by atoms with Crippen molar-refractivity contribution >= 4 is 11.8 Å². The number of pyridine rings is 1. The van der Waals surface area contributed by atoms with Crippen molar-refractivity contribution in [3.8, 4) is 0 Å². The van der Waals surface area contributed by atoms with E-state index in [-0.39, 0.29) is 5.44 Å². The molecule has 1 aromatic heterocycles. The Morgan fingerprint density at radius 3 is 1.84 bits per heavy atom. The van der Waals surface area contributed by atoms with Crippen LogP contribution in [0.3, 0.4) is 0 Å². The van der Waals surface area contributed by atoms with Crippen LogP contribution in [-0.2, 0) is 28.4 Å². The van der Waals surface area contributed by atoms with Crippen molar-refractivity contribution < 1.29 is 28.4 Å². The van der Waals surface area contributed by atoms with Crippen LogP contribution in [0.15, 0.2) is 29.4 Å². The molecule has 1 atom stereocenters. The molecule has 0 N–H and O–H groups in total. The molecule has 0 spiro atoms. The Hall–Kier alpha value is -0.740. The second-order valence-corrected chi connectivity index (χ2v) is 6.29. The minimum Gasteiger partial charge on any atom is -0.377 e. The molecule has 25 heavy (non-hydrogen) atoms. The van der Waals surface area contributed by atoms with E-state index >= 15 is 0 Å². The highest BCUT2D eigenvalue weighted by atomic mass is 32.2. The molecule has 1 aromatic rings. The van der Waals surface area contributed by atoms with E-state index in [9.17, 15) is 0 Å². The Morgan fingerprint density at radius 2 is 1.28 bits per heavy atom. The zero-order valence-electron chi connectivity index (χ0n) is 14.5. The Labute approximate surface area is 153 Å². The largest absolute Gasteiger partial charge is 0.377 e. The summed E-state index contributed by atoms with van der Waals surface area (Å²) in [6, 6.07) is 5.80. The summed E-state index contributed by atoms with van der Waals surface area (Å²) in [5, 5.41) is 0.904. The number of nitrogens with zero attached hydrogens (tertiary/aromatic N) is 1. The van der Waals surface area contributed by atoms with E-state index in [0.29, 0.717) is 72.7 Å². The van der Waals surface area contributed by atoms with Gasteiger partial charge in [0, 0.05) is 6.20 Å². The molecule has 142 valence electrons. The van der Waals surface area contributed by atoms with Crippen LogP contribution in [0.4, 0.5) is 0 Å². The van der Waals surface area contributed by atoms with Gasteiger partial charge in [-0.1, -0.05) is 17.8 Å². The summed E-state index contributed by atoms with van der Waals surface area (Å²) in [6.07, 6.45) is 1.77. The molecule has 8 heteroatoms. The van der Waals surface area contributed by atoms with Gasteiger partial charge in [-0.25, -0.2) is 4.98 Å². The van der Waals surface area contributed by atoms with Crippen LogP contribution in [0, 0.1) is 0 Å². The van der Waals surface area contributed by atoms with Crippen molar-refractivity contribution in [1.82, 2.24) is 4.98 Å². The highest BCUT2D eigenvalue weighted by molar-refractivity contribution is 7.99. The van der Waals surface area contributed by atoms with Crippen molar-refractivity contribution in [3.05, 3.63) is 24.4 Å². The van der Waals surface area contributed by atoms with Gasteiger partial charge in [-0.05, 0) is 12.1 Å². The average molecular weight is 373 g/mol. The summed E-state index contributed by atoms with van der Waals surface area (Å²) in [6.45, 7) is 5.85. The van der Waals surface area contributed by atoms with Gasteiger partial charge < -0.3 is 28.4 Å². The van der Waals surface area contributed by atoms with Crippen LogP contribution in [0.25, 0.3) is 0 Å². The van der Waals surface area contributed by atoms with Crippen LogP contribution in [-0.4, -0.2) is 83.1 Å². The molecular weight excluding hydrogens is 346 g/mol. The summed E-state index contributed by atoms with van der Waals surface area (Å²) in [5.41, 5.74) is -0.142. The second kappa shape index (κ2) is 14.4. The van der Waals surface area contributed by atoms with Crippen molar-refractivity contribution in [1.29, 1.82) is 0 Å². The number of aromatic nitrogens is 1. The summed E-state index contributed by atoms with van der Waals surface area (Å²) in [5.74, 6) is 0. The van der Waals surface area contributed by atoms with E-state index in [1.807, 2.05) is 18.2 Å². The molecule has 0 aromatic carbocycles. The smallest absolute Gasteiger partial charge is 0.132 e. The number of rotatable bonds is 2. The van der Waals surface area contributed by atoms with E-state index < -0.39 is 0 Å². The molecule has 1 fully saturated rings. The van der Waals surface area contributed by atoms with Crippen molar-refractivity contribution in [2.45, 2.75) is 10.5 Å². The Kier molecular flexibility index (Phi) is 11.9. The highest BCUT2D eigenvalue weighted by Crippen LogP contribution is 2.22. The minimum absolute atomic E-state index is 0.142. The lowest BCUT2D eigenvalue weighted by molar-refractivity contribution is -0.0396. The van der Waals surface area contributed by atoms with Crippen molar-refractivity contribution in [2.24, 2.45) is 0 Å². The second-order valence-electron chi connectivity index (χ2n) is 5.11. The zero-order chi connectivity index (χ0) is 17.4. The topological polar surface area (TPSA) is 68.3 Å². The number of thioether (sulfide) groups is 1. The molecule has 0 bridgehead atoms. The molecular formula is C17H27NO6S. The van der Waals surface area contributed by atoms with Gasteiger partial charge in [-0.3, -0.25) is 0 Å². The summed E-state index contributed by atoms with van der Waals surface area (Å²) in [4.78, 5) is 4.31. The predicted molar refractivity (Wildman–Crippen MR) is 93.9 cm³/mol. The van der Waals surface area contributed by atoms with Gasteiger partial charge in [0.15, 0.2) is 0 Å². The molecule has 1 aliphatic rings. The van der Waals surface area contributed by atoms with Gasteiger partial charge in [-0.15, -0.1) is 0 Å². The molecule has 1 unspecified atom stereocenters. The van der Waals surface area contributed by atoms with Crippen LogP contribution >= 0.6 is 11.8 Å². The minimum atomic E-state index is -0.142. The fourth-order valence-corrected chi connectivity index (χ4v) is 2.84. The van der Waals surface area contributed by atoms with Gasteiger partial charge in [0.05, 0.1) is 77.7 Å². The number of hydrogen-bond donors (Lipinski definition) is 0. The molecule has 2 heterocycles. The van der Waals surface area contributed by atoms with E-state index in [2.05, 4.69) is 4.98 Å². The Bertz CT molecular complexity index is 407. The first kappa shape index (κ1) is 20.6. The van der Waals surface area contributed by atoms with E-state index in [4.69, 9.17) is 28.4 Å². The van der Waals surface area contributed by atoms with E-state index in [1.165, 1.54) is 11.8 Å². The third kappa shape index (κ3) is 10.8. The Morgan fingerprint density at radius 1 is 0.720 bits per heavy atom. The maximum absolute atomic E-state index is 5.86. The molecule has 7 nitrogen and oxygen atoms in total. The van der Waals surface area contributed by atoms with Crippen LogP contribution in [0.5, 0.6) is 0 Å². The van der Waals surface area contributed by atoms with Gasteiger partial charge in [0.1, 0.15) is 5.44 Å². The molecule has 2 rings (SSSR count). The third-order valence-electron chi connectivity index (χ3n) is 3.16. The lowest BCUT2D eigenvalue weighted by Gasteiger charge is -2.17. The number of hydrogen-bond acceptors (Lipinski definition) is 8. The van der Waals surface area contributed by atoms with E-state index in [1.54, 1.807) is 6.20 Å². The predicted octanol–water partition coefficient (Wildman–Crippen LogP) is 1.61. The van der Waals surface area contributed by atoms with Crippen LogP contribution < -0.4 is 0 Å². The van der Waals surface area contributed by atoms with Gasteiger partial charge in [0.2, 0.25) is 0 Å². The number of ether oxygens (including phenoxy) is 6. The summed E-state index contributed by atoms with van der Waals surface area (Å²) >= 11 is 1.54. The molecule has 1 saturated heterocycles. The third-order valence-corrected chi connectivity index (χ3v) is 4.18. The fraction of sp³-hybridized carbons (Fsp3) is 0.706. The standard InChI is InChI=1S/C17H27NO6S/c1-2-4-18-16(3-1)25-17-15-23-12-11-21-8-7-19-5-6-20-9-10-22-13-14-24-17/h1-4,17H,5-15H2. The normalized spacial score (nSPS) is 23.4. The lowest BCUT2D eigenvalue weighted by atomic mass is 10.5. The lowest BCUT2D eigenvalue weighted by Crippen LogP contribution is -2.21. The fourth-order valence-electron chi connectivity index (χ4n) is 1.97. The zero-order valence-corrected chi connectivity index (χ0v) is 15.3. The quantitative estimate of drug-likeness (QED) is 0.775. The highest BCUT2D eigenvalue weighted by Gasteiger charge is 2.12. The molecule has 1 aliphatic heterocycles. The van der Waals surface area contributed by atoms with Crippen molar-refractivity contribution in [3.63, 3.8) is 0 Å². The molecule has 0 amide bonds. The molecule has 0 aliphatic carbocycles. The van der Waals surface area contributed by atoms with Gasteiger partial charge in [-0.2, -0.15) is 0 Å². The monoisotopic (exact) mass is 373 g/mol. The summed E-state index contributed by atoms with van der Waals surface area (Å²) in [7, 11) is 0. The molecule has 0 saturated carbocycles. The SMILES string of the molecule is c1ccc(SC2COCCOCCOCCOCCOCCO2)nc1. The van der Waals surface area contributed by atoms with Crippen molar-refractivity contribution in [2.75, 3.05) is 72.7 Å². The maximum Gasteiger partial charge on any atom is 0.132 e. The average Bonchev–Trinajstić information content (AvgIpc) is 2.64. The first-order valence-electron chi connectivity index (χ1n) is 8.53. The van der Waals surface area contributed by atoms with E-state index in [0.717, 1.165) is 5.03 Å². The van der Waals surface area contributed by atoms with Gasteiger partial charge in [0.25, 0.3) is 0 Å². The van der Waals surface area contributed by atoms with Gasteiger partial charge >= 0.3 is 0 Å².